The van der Waals surface area contributed by atoms with E-state index in [0.29, 0.717) is 0 Å². The molecule has 0 saturated heterocycles. The Balaban J connectivity index is 0.000000807. The molecule has 0 aromatic heterocycles. The Kier molecular flexibility index (Phi) is 6.59. The van der Waals surface area contributed by atoms with Crippen molar-refractivity contribution in [1.82, 2.24) is 0 Å². The minimum Gasteiger partial charge on any atom is -1.00 e. The Morgan fingerprint density at radius 1 is 0.667 bits per heavy atom. The van der Waals surface area contributed by atoms with E-state index in [1.54, 1.807) is 11.1 Å². The Bertz CT molecular complexity index is 467. The molecule has 3 heteroatoms. The average Bonchev–Trinajstić information content (AvgIpc) is 3.05. The Labute approximate surface area is 152 Å². The molecule has 0 bridgehead atoms. The Morgan fingerprint density at radius 2 is 1.10 bits per heavy atom. The van der Waals surface area contributed by atoms with Crippen LogP contribution in [0.1, 0.15) is 51.4 Å². The minimum atomic E-state index is -0.620. The summed E-state index contributed by atoms with van der Waals surface area (Å²) in [5, 5.41) is 0. The van der Waals surface area contributed by atoms with E-state index in [2.05, 4.69) is 24.3 Å². The monoisotopic (exact) mass is 488 g/mol. The zero-order valence-corrected chi connectivity index (χ0v) is 17.5. The molecule has 0 fully saturated rings. The second kappa shape index (κ2) is 7.79. The predicted octanol–water partition coefficient (Wildman–Crippen LogP) is -0.465. The molecule has 0 heterocycles. The topological polar surface area (TPSA) is 0 Å². The van der Waals surface area contributed by atoms with Crippen molar-refractivity contribution in [2.24, 2.45) is 0 Å². The normalized spacial score (nSPS) is 29.5. The summed E-state index contributed by atoms with van der Waals surface area (Å²) < 4.78 is 1.91. The van der Waals surface area contributed by atoms with Gasteiger partial charge in [-0.25, -0.2) is 0 Å². The summed E-state index contributed by atoms with van der Waals surface area (Å²) in [6.45, 7) is 0. The smallest absolute Gasteiger partial charge is 1.00 e. The van der Waals surface area contributed by atoms with Crippen LogP contribution in [0.25, 0.3) is 0 Å². The van der Waals surface area contributed by atoms with Gasteiger partial charge in [0.15, 0.2) is 0 Å². The maximum atomic E-state index is 2.59. The summed E-state index contributed by atoms with van der Waals surface area (Å²) in [7, 11) is 0. The van der Waals surface area contributed by atoms with Crippen LogP contribution >= 0.6 is 0 Å². The first-order valence-corrected chi connectivity index (χ1v) is 12.1. The van der Waals surface area contributed by atoms with Crippen molar-refractivity contribution in [3.8, 4) is 0 Å². The van der Waals surface area contributed by atoms with E-state index in [1.165, 1.54) is 51.4 Å². The van der Waals surface area contributed by atoms with Crippen LogP contribution in [0.4, 0.5) is 0 Å². The van der Waals surface area contributed by atoms with Crippen LogP contribution in [0.3, 0.4) is 0 Å². The summed E-state index contributed by atoms with van der Waals surface area (Å²) in [6.07, 6.45) is 21.5. The van der Waals surface area contributed by atoms with E-state index in [1.807, 2.05) is 11.1 Å². The summed E-state index contributed by atoms with van der Waals surface area (Å²) in [6, 6.07) is 0. The molecule has 4 aliphatic rings. The number of hydrogen-bond acceptors (Lipinski definition) is 0. The van der Waals surface area contributed by atoms with E-state index < -0.39 is 22.9 Å². The van der Waals surface area contributed by atoms with Gasteiger partial charge in [0.05, 0.1) is 0 Å². The molecule has 0 spiro atoms. The number of rotatable bonds is 2. The van der Waals surface area contributed by atoms with Crippen molar-refractivity contribution in [2.45, 2.75) is 58.7 Å². The first kappa shape index (κ1) is 17.8. The maximum Gasteiger partial charge on any atom is -1.00 e. The molecular formula is C18H22Cl2Hf. The second-order valence-corrected chi connectivity index (χ2v) is 12.0. The van der Waals surface area contributed by atoms with Crippen molar-refractivity contribution < 1.29 is 47.7 Å². The fourth-order valence-corrected chi connectivity index (χ4v) is 10.9. The van der Waals surface area contributed by atoms with Gasteiger partial charge in [0.25, 0.3) is 0 Å². The first-order valence-electron chi connectivity index (χ1n) is 7.98. The van der Waals surface area contributed by atoms with Gasteiger partial charge in [-0.15, -0.1) is 0 Å². The van der Waals surface area contributed by atoms with Gasteiger partial charge in [0, 0.05) is 0 Å². The molecule has 0 radical (unpaired) electrons. The van der Waals surface area contributed by atoms with Crippen LogP contribution in [0, 0.1) is 0 Å². The van der Waals surface area contributed by atoms with Crippen LogP contribution in [-0.4, -0.2) is 0 Å². The van der Waals surface area contributed by atoms with Gasteiger partial charge in [-0.1, -0.05) is 0 Å². The molecule has 2 atom stereocenters. The third kappa shape index (κ3) is 3.51. The van der Waals surface area contributed by atoms with Gasteiger partial charge >= 0.3 is 128 Å². The van der Waals surface area contributed by atoms with E-state index in [9.17, 15) is 0 Å². The molecule has 0 nitrogen and oxygen atoms in total. The molecule has 21 heavy (non-hydrogen) atoms. The fraction of sp³-hybridized carbons (Fsp3) is 0.556. The van der Waals surface area contributed by atoms with Gasteiger partial charge in [-0.2, -0.15) is 0 Å². The summed E-state index contributed by atoms with van der Waals surface area (Å²) >= 11 is -0.620. The molecule has 0 aromatic rings. The zero-order valence-electron chi connectivity index (χ0n) is 12.4. The van der Waals surface area contributed by atoms with Crippen LogP contribution in [0.15, 0.2) is 46.6 Å². The van der Waals surface area contributed by atoms with Crippen molar-refractivity contribution in [3.63, 3.8) is 0 Å². The molecular weight excluding hydrogens is 466 g/mol. The predicted molar refractivity (Wildman–Crippen MR) is 76.8 cm³/mol. The van der Waals surface area contributed by atoms with Gasteiger partial charge in [0.2, 0.25) is 0 Å². The largest absolute Gasteiger partial charge is 1.00 e. The zero-order chi connectivity index (χ0) is 12.7. The average molecular weight is 488 g/mol. The first-order chi connectivity index (χ1) is 9.42. The van der Waals surface area contributed by atoms with Crippen LogP contribution in [0.2, 0.25) is 7.35 Å². The molecule has 2 unspecified atom stereocenters. The van der Waals surface area contributed by atoms with Crippen molar-refractivity contribution in [3.05, 3.63) is 46.6 Å². The quantitative estimate of drug-likeness (QED) is 0.463. The third-order valence-corrected chi connectivity index (χ3v) is 11.7. The molecule has 4 aliphatic carbocycles. The maximum absolute atomic E-state index is 2.59. The molecule has 0 aromatic carbocycles. The number of hydrogen-bond donors (Lipinski definition) is 0. The second-order valence-electron chi connectivity index (χ2n) is 6.36. The third-order valence-electron chi connectivity index (χ3n) is 5.20. The minimum absolute atomic E-state index is 0. The van der Waals surface area contributed by atoms with E-state index in [4.69, 9.17) is 0 Å². The van der Waals surface area contributed by atoms with Crippen LogP contribution in [0.5, 0.6) is 0 Å². The van der Waals surface area contributed by atoms with E-state index in [0.717, 1.165) is 7.35 Å². The van der Waals surface area contributed by atoms with Gasteiger partial charge in [-0.3, -0.25) is 0 Å². The molecule has 0 aliphatic heterocycles. The van der Waals surface area contributed by atoms with E-state index >= 15 is 0 Å². The van der Waals surface area contributed by atoms with E-state index in [-0.39, 0.29) is 24.8 Å². The van der Waals surface area contributed by atoms with Crippen molar-refractivity contribution in [2.75, 3.05) is 0 Å². The molecule has 4 rings (SSSR count). The fourth-order valence-electron chi connectivity index (χ4n) is 4.16. The molecule has 0 N–H and O–H groups in total. The molecule has 0 amide bonds. The van der Waals surface area contributed by atoms with Crippen LogP contribution in [-0.2, 0) is 22.9 Å². The molecule has 112 valence electrons. The standard InChI is InChI=1S/2C9H11.2ClH.Hf/c2*1-2-5-9-7-3-6-8(9)4-1;;;/h2*3,6-7H,1-2,4-5H2;2*1H;/q;;;;+2/p-2. The van der Waals surface area contributed by atoms with Crippen LogP contribution < -0.4 is 24.8 Å². The Hall–Kier alpha value is 0.410. The van der Waals surface area contributed by atoms with Gasteiger partial charge in [0.1, 0.15) is 0 Å². The SMILES string of the molecule is C1=C[CH]([Hf+2][CH]2C=CC3=C2CCCC3)C2=C1CCCC2.[Cl-].[Cl-]. The number of allylic oxidation sites excluding steroid dienone is 8. The summed E-state index contributed by atoms with van der Waals surface area (Å²) in [4.78, 5) is 0. The summed E-state index contributed by atoms with van der Waals surface area (Å²) in [5.74, 6) is 0. The van der Waals surface area contributed by atoms with Gasteiger partial charge in [-0.05, 0) is 0 Å². The summed E-state index contributed by atoms with van der Waals surface area (Å²) in [5.41, 5.74) is 7.24. The van der Waals surface area contributed by atoms with Crippen molar-refractivity contribution >= 4 is 0 Å². The van der Waals surface area contributed by atoms with Crippen molar-refractivity contribution in [1.29, 1.82) is 0 Å². The molecule has 0 saturated carbocycles. The number of halogens is 2. The Morgan fingerprint density at radius 3 is 1.57 bits per heavy atom. The van der Waals surface area contributed by atoms with Gasteiger partial charge < -0.3 is 24.8 Å².